The van der Waals surface area contributed by atoms with E-state index in [1.165, 1.54) is 22.3 Å². The standard InChI is InChI=1S/C10H10FNS2/c1-6-2-3-8(14-6)9(12)10-7(11)4-5-13-10/h2-5,9H,12H2,1H3. The van der Waals surface area contributed by atoms with Gasteiger partial charge in [0.15, 0.2) is 0 Å². The molecule has 74 valence electrons. The predicted molar refractivity (Wildman–Crippen MR) is 59.4 cm³/mol. The molecule has 0 radical (unpaired) electrons. The van der Waals surface area contributed by atoms with Gasteiger partial charge in [0.2, 0.25) is 0 Å². The average molecular weight is 227 g/mol. The number of nitrogens with two attached hydrogens (primary N) is 1. The molecule has 0 saturated heterocycles. The summed E-state index contributed by atoms with van der Waals surface area (Å²) in [4.78, 5) is 2.84. The van der Waals surface area contributed by atoms with Gasteiger partial charge in [0, 0.05) is 9.75 Å². The maximum Gasteiger partial charge on any atom is 0.139 e. The lowest BCUT2D eigenvalue weighted by Crippen LogP contribution is -2.09. The maximum absolute atomic E-state index is 13.2. The monoisotopic (exact) mass is 227 g/mol. The van der Waals surface area contributed by atoms with Crippen molar-refractivity contribution in [1.29, 1.82) is 0 Å². The molecule has 0 saturated carbocycles. The highest BCUT2D eigenvalue weighted by atomic mass is 32.1. The molecule has 0 bridgehead atoms. The molecule has 0 aliphatic heterocycles. The van der Waals surface area contributed by atoms with Crippen molar-refractivity contribution >= 4 is 22.7 Å². The fourth-order valence-electron chi connectivity index (χ4n) is 1.28. The Kier molecular flexibility index (Phi) is 2.67. The third-order valence-corrected chi connectivity index (χ3v) is 4.05. The van der Waals surface area contributed by atoms with Crippen molar-refractivity contribution in [3.05, 3.63) is 44.0 Å². The van der Waals surface area contributed by atoms with Gasteiger partial charge in [-0.1, -0.05) is 0 Å². The van der Waals surface area contributed by atoms with Crippen molar-refractivity contribution in [2.75, 3.05) is 0 Å². The van der Waals surface area contributed by atoms with Crippen LogP contribution in [0.1, 0.15) is 20.7 Å². The molecule has 0 amide bonds. The summed E-state index contributed by atoms with van der Waals surface area (Å²) in [6, 6.07) is 5.11. The van der Waals surface area contributed by atoms with Crippen molar-refractivity contribution < 1.29 is 4.39 Å². The first kappa shape index (κ1) is 9.83. The Balaban J connectivity index is 2.33. The number of halogens is 1. The van der Waals surface area contributed by atoms with E-state index < -0.39 is 0 Å². The maximum atomic E-state index is 13.2. The minimum absolute atomic E-state index is 0.200. The zero-order valence-corrected chi connectivity index (χ0v) is 9.29. The van der Waals surface area contributed by atoms with E-state index in [4.69, 9.17) is 5.73 Å². The third kappa shape index (κ3) is 1.73. The molecule has 0 fully saturated rings. The zero-order chi connectivity index (χ0) is 10.1. The van der Waals surface area contributed by atoms with Gasteiger partial charge in [0.1, 0.15) is 5.82 Å². The number of rotatable bonds is 2. The van der Waals surface area contributed by atoms with E-state index >= 15 is 0 Å². The lowest BCUT2D eigenvalue weighted by molar-refractivity contribution is 0.611. The van der Waals surface area contributed by atoms with Gasteiger partial charge in [-0.3, -0.25) is 0 Å². The molecule has 2 N–H and O–H groups in total. The first-order valence-corrected chi connectivity index (χ1v) is 5.93. The molecular formula is C10H10FNS2. The molecule has 2 heterocycles. The van der Waals surface area contributed by atoms with E-state index in [1.54, 1.807) is 16.7 Å². The van der Waals surface area contributed by atoms with E-state index in [0.29, 0.717) is 4.88 Å². The molecule has 0 aliphatic carbocycles. The molecular weight excluding hydrogens is 217 g/mol. The summed E-state index contributed by atoms with van der Waals surface area (Å²) in [6.07, 6.45) is 0. The summed E-state index contributed by atoms with van der Waals surface area (Å²) in [5.74, 6) is -0.200. The number of hydrogen-bond acceptors (Lipinski definition) is 3. The summed E-state index contributed by atoms with van der Waals surface area (Å²) in [6.45, 7) is 2.02. The molecule has 2 rings (SSSR count). The smallest absolute Gasteiger partial charge is 0.139 e. The Hall–Kier alpha value is -0.710. The molecule has 2 aromatic heterocycles. The van der Waals surface area contributed by atoms with Crippen LogP contribution in [0.15, 0.2) is 23.6 Å². The fraction of sp³-hybridized carbons (Fsp3) is 0.200. The molecule has 2 aromatic rings. The van der Waals surface area contributed by atoms with Crippen LogP contribution in [0, 0.1) is 12.7 Å². The Morgan fingerprint density at radius 2 is 2.14 bits per heavy atom. The van der Waals surface area contributed by atoms with Crippen LogP contribution in [0.4, 0.5) is 4.39 Å². The SMILES string of the molecule is Cc1ccc(C(N)c2sccc2F)s1. The van der Waals surface area contributed by atoms with Gasteiger partial charge in [-0.2, -0.15) is 0 Å². The van der Waals surface area contributed by atoms with Crippen molar-refractivity contribution in [2.45, 2.75) is 13.0 Å². The normalized spacial score (nSPS) is 13.1. The second kappa shape index (κ2) is 3.81. The molecule has 0 aromatic carbocycles. The molecule has 1 nitrogen and oxygen atoms in total. The molecule has 1 unspecified atom stereocenters. The Labute approximate surface area is 90.0 Å². The van der Waals surface area contributed by atoms with Gasteiger partial charge in [0.05, 0.1) is 10.9 Å². The molecule has 0 spiro atoms. The highest BCUT2D eigenvalue weighted by Crippen LogP contribution is 2.30. The van der Waals surface area contributed by atoms with Crippen molar-refractivity contribution in [2.24, 2.45) is 5.73 Å². The quantitative estimate of drug-likeness (QED) is 0.837. The van der Waals surface area contributed by atoms with Crippen LogP contribution in [-0.2, 0) is 0 Å². The molecule has 14 heavy (non-hydrogen) atoms. The highest BCUT2D eigenvalue weighted by Gasteiger charge is 2.16. The first-order chi connectivity index (χ1) is 6.68. The van der Waals surface area contributed by atoms with E-state index in [0.717, 1.165) is 4.88 Å². The summed E-state index contributed by atoms with van der Waals surface area (Å²) in [5.41, 5.74) is 5.96. The summed E-state index contributed by atoms with van der Waals surface area (Å²) < 4.78 is 13.2. The Bertz CT molecular complexity index is 433. The van der Waals surface area contributed by atoms with E-state index in [2.05, 4.69) is 0 Å². The van der Waals surface area contributed by atoms with Gasteiger partial charge in [-0.25, -0.2) is 4.39 Å². The van der Waals surface area contributed by atoms with Crippen LogP contribution in [0.25, 0.3) is 0 Å². The van der Waals surface area contributed by atoms with Gasteiger partial charge in [-0.15, -0.1) is 22.7 Å². The van der Waals surface area contributed by atoms with Gasteiger partial charge in [-0.05, 0) is 30.5 Å². The van der Waals surface area contributed by atoms with Crippen molar-refractivity contribution in [1.82, 2.24) is 0 Å². The summed E-state index contributed by atoms with van der Waals surface area (Å²) >= 11 is 2.99. The van der Waals surface area contributed by atoms with Crippen LogP contribution < -0.4 is 5.73 Å². The van der Waals surface area contributed by atoms with E-state index in [9.17, 15) is 4.39 Å². The zero-order valence-electron chi connectivity index (χ0n) is 7.66. The predicted octanol–water partition coefficient (Wildman–Crippen LogP) is 3.31. The minimum Gasteiger partial charge on any atom is -0.319 e. The Morgan fingerprint density at radius 1 is 1.36 bits per heavy atom. The van der Waals surface area contributed by atoms with Crippen molar-refractivity contribution in [3.63, 3.8) is 0 Å². The topological polar surface area (TPSA) is 26.0 Å². The number of hydrogen-bond donors (Lipinski definition) is 1. The van der Waals surface area contributed by atoms with Crippen LogP contribution in [0.3, 0.4) is 0 Å². The second-order valence-electron chi connectivity index (χ2n) is 3.06. The summed E-state index contributed by atoms with van der Waals surface area (Å²) in [5, 5.41) is 1.73. The second-order valence-corrected chi connectivity index (χ2v) is 5.33. The van der Waals surface area contributed by atoms with E-state index in [1.807, 2.05) is 19.1 Å². The van der Waals surface area contributed by atoms with Crippen LogP contribution >= 0.6 is 22.7 Å². The molecule has 1 atom stereocenters. The van der Waals surface area contributed by atoms with Gasteiger partial charge >= 0.3 is 0 Å². The lowest BCUT2D eigenvalue weighted by atomic mass is 10.2. The number of aryl methyl sites for hydroxylation is 1. The Morgan fingerprint density at radius 3 is 2.64 bits per heavy atom. The average Bonchev–Trinajstić information content (AvgIpc) is 2.73. The van der Waals surface area contributed by atoms with Crippen LogP contribution in [0.2, 0.25) is 0 Å². The van der Waals surface area contributed by atoms with Gasteiger partial charge in [0.25, 0.3) is 0 Å². The van der Waals surface area contributed by atoms with Gasteiger partial charge < -0.3 is 5.73 Å². The first-order valence-electron chi connectivity index (χ1n) is 4.23. The van der Waals surface area contributed by atoms with E-state index in [-0.39, 0.29) is 11.9 Å². The molecule has 4 heteroatoms. The molecule has 0 aliphatic rings. The van der Waals surface area contributed by atoms with Crippen LogP contribution in [-0.4, -0.2) is 0 Å². The highest BCUT2D eigenvalue weighted by molar-refractivity contribution is 7.12. The largest absolute Gasteiger partial charge is 0.319 e. The van der Waals surface area contributed by atoms with Crippen LogP contribution in [0.5, 0.6) is 0 Å². The minimum atomic E-state index is -0.311. The number of thiophene rings is 2. The summed E-state index contributed by atoms with van der Waals surface area (Å²) in [7, 11) is 0. The van der Waals surface area contributed by atoms with Crippen molar-refractivity contribution in [3.8, 4) is 0 Å². The third-order valence-electron chi connectivity index (χ3n) is 1.99. The fourth-order valence-corrected chi connectivity index (χ4v) is 3.03. The lowest BCUT2D eigenvalue weighted by Gasteiger charge is -2.06.